The van der Waals surface area contributed by atoms with Crippen molar-refractivity contribution in [1.82, 2.24) is 0 Å². The minimum atomic E-state index is -0.320. The Kier molecular flexibility index (Phi) is 3.43. The van der Waals surface area contributed by atoms with Crippen LogP contribution in [0.4, 0.5) is 0 Å². The van der Waals surface area contributed by atoms with E-state index in [0.29, 0.717) is 11.1 Å². The van der Waals surface area contributed by atoms with Crippen LogP contribution >= 0.6 is 11.8 Å². The Morgan fingerprint density at radius 2 is 1.61 bits per heavy atom. The highest BCUT2D eigenvalue weighted by atomic mass is 32.2. The second kappa shape index (κ2) is 4.86. The van der Waals surface area contributed by atoms with Crippen molar-refractivity contribution in [3.05, 3.63) is 40.8 Å². The van der Waals surface area contributed by atoms with Gasteiger partial charge in [0.1, 0.15) is 0 Å². The number of ether oxygens (including phenoxy) is 2. The van der Waals surface area contributed by atoms with Gasteiger partial charge in [0.15, 0.2) is 0 Å². The molecule has 0 fully saturated rings. The fraction of sp³-hybridized carbons (Fsp3) is 0.231. The lowest BCUT2D eigenvalue weighted by molar-refractivity contribution is 0.0826. The molecule has 0 saturated carbocycles. The SMILES string of the molecule is COC1=C(OC)C(=O)c2c(SC)cccc2C1=O. The first-order valence-electron chi connectivity index (χ1n) is 5.24. The number of benzene rings is 1. The summed E-state index contributed by atoms with van der Waals surface area (Å²) in [5.41, 5.74) is 0.761. The lowest BCUT2D eigenvalue weighted by atomic mass is 9.92. The van der Waals surface area contributed by atoms with Crippen LogP contribution in [-0.4, -0.2) is 32.0 Å². The van der Waals surface area contributed by atoms with Crippen LogP contribution in [0.2, 0.25) is 0 Å². The molecule has 18 heavy (non-hydrogen) atoms. The maximum absolute atomic E-state index is 12.3. The number of allylic oxidation sites excluding steroid dienone is 2. The molecule has 4 nitrogen and oxygen atoms in total. The lowest BCUT2D eigenvalue weighted by Gasteiger charge is -2.20. The standard InChI is InChI=1S/C13H12O4S/c1-16-12-10(14)7-5-4-6-8(18-3)9(7)11(15)13(12)17-2/h4-6H,1-3H3. The molecule has 0 bridgehead atoms. The number of ketones is 2. The molecule has 0 atom stereocenters. The molecule has 0 aliphatic heterocycles. The number of rotatable bonds is 3. The zero-order chi connectivity index (χ0) is 13.3. The molecular weight excluding hydrogens is 252 g/mol. The molecule has 0 N–H and O–H groups in total. The number of Topliss-reactive ketones (excluding diaryl/α,β-unsaturated/α-hetero) is 2. The predicted octanol–water partition coefficient (Wildman–Crippen LogP) is 2.29. The molecule has 0 heterocycles. The van der Waals surface area contributed by atoms with Crippen molar-refractivity contribution in [2.24, 2.45) is 0 Å². The summed E-state index contributed by atoms with van der Waals surface area (Å²) in [5, 5.41) is 0. The molecule has 0 radical (unpaired) electrons. The van der Waals surface area contributed by atoms with Gasteiger partial charge in [-0.05, 0) is 12.3 Å². The van der Waals surface area contributed by atoms with Crippen LogP contribution in [0.1, 0.15) is 20.7 Å². The van der Waals surface area contributed by atoms with E-state index in [2.05, 4.69) is 0 Å². The van der Waals surface area contributed by atoms with Crippen LogP contribution in [-0.2, 0) is 9.47 Å². The number of hydrogen-bond donors (Lipinski definition) is 0. The van der Waals surface area contributed by atoms with Gasteiger partial charge in [0, 0.05) is 10.5 Å². The summed E-state index contributed by atoms with van der Waals surface area (Å²) in [6, 6.07) is 5.18. The highest BCUT2D eigenvalue weighted by molar-refractivity contribution is 7.98. The van der Waals surface area contributed by atoms with E-state index in [1.165, 1.54) is 26.0 Å². The van der Waals surface area contributed by atoms with Crippen molar-refractivity contribution in [3.8, 4) is 0 Å². The van der Waals surface area contributed by atoms with Crippen molar-refractivity contribution < 1.29 is 19.1 Å². The number of carbonyl (C=O) groups is 2. The maximum Gasteiger partial charge on any atom is 0.233 e. The molecule has 1 aliphatic carbocycles. The van der Waals surface area contributed by atoms with Crippen LogP contribution in [0.25, 0.3) is 0 Å². The number of hydrogen-bond acceptors (Lipinski definition) is 5. The van der Waals surface area contributed by atoms with Gasteiger partial charge in [0.05, 0.1) is 19.8 Å². The quantitative estimate of drug-likeness (QED) is 0.784. The van der Waals surface area contributed by atoms with Gasteiger partial charge in [-0.2, -0.15) is 0 Å². The van der Waals surface area contributed by atoms with Gasteiger partial charge in [0.2, 0.25) is 23.1 Å². The van der Waals surface area contributed by atoms with Crippen molar-refractivity contribution in [2.45, 2.75) is 4.90 Å². The molecule has 0 aromatic heterocycles. The van der Waals surface area contributed by atoms with E-state index in [4.69, 9.17) is 9.47 Å². The summed E-state index contributed by atoms with van der Waals surface area (Å²) in [5.74, 6) is -0.696. The Hall–Kier alpha value is -1.75. The Morgan fingerprint density at radius 3 is 2.17 bits per heavy atom. The first-order chi connectivity index (χ1) is 8.65. The predicted molar refractivity (Wildman–Crippen MR) is 67.9 cm³/mol. The highest BCUT2D eigenvalue weighted by Gasteiger charge is 2.35. The van der Waals surface area contributed by atoms with Gasteiger partial charge in [-0.3, -0.25) is 9.59 Å². The molecule has 0 amide bonds. The van der Waals surface area contributed by atoms with Gasteiger partial charge in [-0.15, -0.1) is 11.8 Å². The third kappa shape index (κ3) is 1.71. The Balaban J connectivity index is 2.72. The number of thioether (sulfide) groups is 1. The second-order valence-electron chi connectivity index (χ2n) is 3.61. The number of carbonyl (C=O) groups excluding carboxylic acids is 2. The fourth-order valence-electron chi connectivity index (χ4n) is 1.94. The fourth-order valence-corrected chi connectivity index (χ4v) is 2.56. The summed E-state index contributed by atoms with van der Waals surface area (Å²) in [7, 11) is 2.70. The van der Waals surface area contributed by atoms with Gasteiger partial charge in [-0.25, -0.2) is 0 Å². The van der Waals surface area contributed by atoms with Crippen LogP contribution < -0.4 is 0 Å². The third-order valence-corrected chi connectivity index (χ3v) is 3.52. The normalized spacial score (nSPS) is 14.6. The average molecular weight is 264 g/mol. The molecule has 1 aliphatic rings. The van der Waals surface area contributed by atoms with Crippen LogP contribution in [0.3, 0.4) is 0 Å². The molecule has 1 aromatic carbocycles. The number of fused-ring (bicyclic) bond motifs is 1. The van der Waals surface area contributed by atoms with Crippen molar-refractivity contribution in [2.75, 3.05) is 20.5 Å². The van der Waals surface area contributed by atoms with Crippen molar-refractivity contribution in [3.63, 3.8) is 0 Å². The van der Waals surface area contributed by atoms with E-state index >= 15 is 0 Å². The summed E-state index contributed by atoms with van der Waals surface area (Å²) in [6.45, 7) is 0. The molecule has 1 aromatic rings. The van der Waals surface area contributed by atoms with E-state index < -0.39 is 0 Å². The smallest absolute Gasteiger partial charge is 0.233 e. The van der Waals surface area contributed by atoms with E-state index in [0.717, 1.165) is 4.90 Å². The van der Waals surface area contributed by atoms with E-state index in [1.54, 1.807) is 18.2 Å². The van der Waals surface area contributed by atoms with E-state index in [1.807, 2.05) is 6.26 Å². The molecule has 5 heteroatoms. The summed E-state index contributed by atoms with van der Waals surface area (Å²) in [4.78, 5) is 25.3. The minimum Gasteiger partial charge on any atom is -0.489 e. The summed E-state index contributed by atoms with van der Waals surface area (Å²) in [6.07, 6.45) is 1.86. The second-order valence-corrected chi connectivity index (χ2v) is 4.46. The first-order valence-corrected chi connectivity index (χ1v) is 6.46. The zero-order valence-corrected chi connectivity index (χ0v) is 11.1. The van der Waals surface area contributed by atoms with Gasteiger partial charge >= 0.3 is 0 Å². The molecular formula is C13H12O4S. The highest BCUT2D eigenvalue weighted by Crippen LogP contribution is 2.32. The Morgan fingerprint density at radius 1 is 1.00 bits per heavy atom. The van der Waals surface area contributed by atoms with E-state index in [9.17, 15) is 9.59 Å². The zero-order valence-electron chi connectivity index (χ0n) is 10.3. The molecule has 0 unspecified atom stereocenters. The maximum atomic E-state index is 12.3. The topological polar surface area (TPSA) is 52.6 Å². The average Bonchev–Trinajstić information content (AvgIpc) is 2.41. The van der Waals surface area contributed by atoms with Crippen LogP contribution in [0, 0.1) is 0 Å². The first kappa shape index (κ1) is 12.7. The largest absolute Gasteiger partial charge is 0.489 e. The summed E-state index contributed by atoms with van der Waals surface area (Å²) >= 11 is 1.42. The molecule has 0 saturated heterocycles. The third-order valence-electron chi connectivity index (χ3n) is 2.74. The summed E-state index contributed by atoms with van der Waals surface area (Å²) < 4.78 is 9.99. The van der Waals surface area contributed by atoms with Gasteiger partial charge < -0.3 is 9.47 Å². The Labute approximate surface area is 109 Å². The number of methoxy groups -OCH3 is 2. The Bertz CT molecular complexity index is 560. The minimum absolute atomic E-state index is 0.0310. The monoisotopic (exact) mass is 264 g/mol. The van der Waals surface area contributed by atoms with E-state index in [-0.39, 0.29) is 23.1 Å². The van der Waals surface area contributed by atoms with Crippen LogP contribution in [0.15, 0.2) is 34.6 Å². The van der Waals surface area contributed by atoms with Gasteiger partial charge in [0.25, 0.3) is 0 Å². The molecule has 0 spiro atoms. The lowest BCUT2D eigenvalue weighted by Crippen LogP contribution is -2.24. The van der Waals surface area contributed by atoms with Gasteiger partial charge in [-0.1, -0.05) is 12.1 Å². The molecule has 2 rings (SSSR count). The molecule has 94 valence electrons. The van der Waals surface area contributed by atoms with Crippen LogP contribution in [0.5, 0.6) is 0 Å². The van der Waals surface area contributed by atoms with Crippen molar-refractivity contribution >= 4 is 23.3 Å². The van der Waals surface area contributed by atoms with Crippen molar-refractivity contribution in [1.29, 1.82) is 0 Å².